The maximum absolute atomic E-state index is 5.82. The third-order valence-electron chi connectivity index (χ3n) is 4.41. The van der Waals surface area contributed by atoms with Crippen LogP contribution in [0, 0.1) is 11.3 Å². The Labute approximate surface area is 128 Å². The number of aliphatic imine (C=N–C) groups is 1. The number of benzene rings is 1. The lowest BCUT2D eigenvalue weighted by atomic mass is 9.92. The van der Waals surface area contributed by atoms with Crippen molar-refractivity contribution in [1.29, 1.82) is 0 Å². The number of nitrogens with zero attached hydrogens (tertiary/aromatic N) is 2. The Hall–Kier alpha value is -1.35. The summed E-state index contributed by atoms with van der Waals surface area (Å²) in [6.07, 6.45) is 2.29. The summed E-state index contributed by atoms with van der Waals surface area (Å²) in [5, 5.41) is 0. The van der Waals surface area contributed by atoms with Gasteiger partial charge >= 0.3 is 0 Å². The maximum atomic E-state index is 5.82. The second-order valence-electron chi connectivity index (χ2n) is 7.17. The van der Waals surface area contributed by atoms with Crippen molar-refractivity contribution in [2.75, 3.05) is 26.2 Å². The van der Waals surface area contributed by atoms with Crippen molar-refractivity contribution < 1.29 is 4.74 Å². The summed E-state index contributed by atoms with van der Waals surface area (Å²) < 4.78 is 5.82. The topological polar surface area (TPSA) is 24.8 Å². The van der Waals surface area contributed by atoms with E-state index in [-0.39, 0.29) is 0 Å². The molecule has 3 rings (SSSR count). The van der Waals surface area contributed by atoms with Crippen molar-refractivity contribution in [1.82, 2.24) is 4.90 Å². The van der Waals surface area contributed by atoms with Crippen LogP contribution in [0.25, 0.3) is 0 Å². The summed E-state index contributed by atoms with van der Waals surface area (Å²) in [6.45, 7) is 9.50. The Morgan fingerprint density at radius 3 is 2.90 bits per heavy atom. The van der Waals surface area contributed by atoms with E-state index in [1.54, 1.807) is 0 Å². The van der Waals surface area contributed by atoms with Gasteiger partial charge in [-0.3, -0.25) is 4.99 Å². The molecule has 0 aliphatic carbocycles. The molecule has 1 fully saturated rings. The quantitative estimate of drug-likeness (QED) is 0.775. The third kappa shape index (κ3) is 3.85. The van der Waals surface area contributed by atoms with Crippen molar-refractivity contribution in [3.8, 4) is 0 Å². The molecule has 3 nitrogen and oxygen atoms in total. The SMILES string of the molecule is CC1(C)CN=C2CC(CCOCc3ccccc3)CN2C1. The molecule has 21 heavy (non-hydrogen) atoms. The predicted molar refractivity (Wildman–Crippen MR) is 86.5 cm³/mol. The number of ether oxygens (including phenoxy) is 1. The highest BCUT2D eigenvalue weighted by molar-refractivity contribution is 5.85. The van der Waals surface area contributed by atoms with E-state index >= 15 is 0 Å². The van der Waals surface area contributed by atoms with E-state index in [0.29, 0.717) is 11.3 Å². The monoisotopic (exact) mass is 286 g/mol. The van der Waals surface area contributed by atoms with Crippen LogP contribution in [-0.4, -0.2) is 37.0 Å². The molecule has 0 aromatic heterocycles. The highest BCUT2D eigenvalue weighted by atomic mass is 16.5. The minimum Gasteiger partial charge on any atom is -0.377 e. The van der Waals surface area contributed by atoms with Crippen molar-refractivity contribution in [3.05, 3.63) is 35.9 Å². The van der Waals surface area contributed by atoms with Crippen molar-refractivity contribution in [2.24, 2.45) is 16.3 Å². The van der Waals surface area contributed by atoms with Crippen LogP contribution in [0.15, 0.2) is 35.3 Å². The van der Waals surface area contributed by atoms with E-state index in [2.05, 4.69) is 43.0 Å². The Morgan fingerprint density at radius 1 is 1.29 bits per heavy atom. The standard InChI is InChI=1S/C18H26N2O/c1-18(2)13-19-17-10-16(11-20(17)14-18)8-9-21-12-15-6-4-3-5-7-15/h3-7,16H,8-14H2,1-2H3. The van der Waals surface area contributed by atoms with Crippen molar-refractivity contribution in [3.63, 3.8) is 0 Å². The zero-order valence-electron chi connectivity index (χ0n) is 13.2. The van der Waals surface area contributed by atoms with E-state index in [9.17, 15) is 0 Å². The van der Waals surface area contributed by atoms with Crippen LogP contribution in [0.3, 0.4) is 0 Å². The van der Waals surface area contributed by atoms with E-state index in [1.807, 2.05) is 6.07 Å². The Morgan fingerprint density at radius 2 is 2.10 bits per heavy atom. The largest absolute Gasteiger partial charge is 0.377 e. The molecule has 0 saturated carbocycles. The smallest absolute Gasteiger partial charge is 0.0992 e. The number of fused-ring (bicyclic) bond motifs is 1. The van der Waals surface area contributed by atoms with Crippen molar-refractivity contribution in [2.45, 2.75) is 33.3 Å². The highest BCUT2D eigenvalue weighted by Gasteiger charge is 2.35. The fraction of sp³-hybridized carbons (Fsp3) is 0.611. The van der Waals surface area contributed by atoms with Crippen LogP contribution < -0.4 is 0 Å². The molecule has 2 heterocycles. The molecule has 1 aromatic carbocycles. The van der Waals surface area contributed by atoms with Crippen LogP contribution in [0.4, 0.5) is 0 Å². The molecule has 0 amide bonds. The van der Waals surface area contributed by atoms with Crippen molar-refractivity contribution >= 4 is 5.84 Å². The molecule has 1 unspecified atom stereocenters. The molecule has 0 bridgehead atoms. The van der Waals surface area contributed by atoms with E-state index in [1.165, 1.54) is 11.4 Å². The minimum atomic E-state index is 0.336. The molecule has 0 spiro atoms. The van der Waals surface area contributed by atoms with Gasteiger partial charge in [0.15, 0.2) is 0 Å². The summed E-state index contributed by atoms with van der Waals surface area (Å²) in [4.78, 5) is 7.26. The zero-order chi connectivity index (χ0) is 14.7. The second kappa shape index (κ2) is 6.18. The second-order valence-corrected chi connectivity index (χ2v) is 7.17. The Balaban J connectivity index is 1.40. The fourth-order valence-electron chi connectivity index (χ4n) is 3.27. The molecular weight excluding hydrogens is 260 g/mol. The summed E-state index contributed by atoms with van der Waals surface area (Å²) in [7, 11) is 0. The van der Waals surface area contributed by atoms with Gasteiger partial charge in [0.25, 0.3) is 0 Å². The number of hydrogen-bond acceptors (Lipinski definition) is 3. The first kappa shape index (κ1) is 14.6. The lowest BCUT2D eigenvalue weighted by Gasteiger charge is -2.34. The molecule has 0 N–H and O–H groups in total. The molecule has 1 aromatic rings. The lowest BCUT2D eigenvalue weighted by Crippen LogP contribution is -2.41. The van der Waals surface area contributed by atoms with E-state index in [0.717, 1.165) is 45.7 Å². The number of amidine groups is 1. The molecule has 1 saturated heterocycles. The van der Waals surface area contributed by atoms with Gasteiger partial charge in [0.2, 0.25) is 0 Å². The molecule has 1 atom stereocenters. The first-order valence-electron chi connectivity index (χ1n) is 8.02. The lowest BCUT2D eigenvalue weighted by molar-refractivity contribution is 0.107. The van der Waals surface area contributed by atoms with Gasteiger partial charge in [-0.2, -0.15) is 0 Å². The molecule has 0 radical (unpaired) electrons. The molecular formula is C18H26N2O. The summed E-state index contributed by atoms with van der Waals surface area (Å²) in [5.41, 5.74) is 1.59. The van der Waals surface area contributed by atoms with Gasteiger partial charge in [0.05, 0.1) is 12.4 Å². The van der Waals surface area contributed by atoms with Gasteiger partial charge in [0.1, 0.15) is 0 Å². The number of rotatable bonds is 5. The van der Waals surface area contributed by atoms with Gasteiger partial charge in [-0.15, -0.1) is 0 Å². The van der Waals surface area contributed by atoms with Crippen LogP contribution in [0.1, 0.15) is 32.3 Å². The fourth-order valence-corrected chi connectivity index (χ4v) is 3.27. The van der Waals surface area contributed by atoms with Gasteiger partial charge in [-0.25, -0.2) is 0 Å². The summed E-state index contributed by atoms with van der Waals surface area (Å²) in [6, 6.07) is 10.4. The minimum absolute atomic E-state index is 0.336. The first-order chi connectivity index (χ1) is 10.1. The van der Waals surface area contributed by atoms with E-state index in [4.69, 9.17) is 9.73 Å². The normalized spacial score (nSPS) is 23.8. The average Bonchev–Trinajstić information content (AvgIpc) is 2.85. The van der Waals surface area contributed by atoms with Crippen LogP contribution in [0.2, 0.25) is 0 Å². The Kier molecular flexibility index (Phi) is 4.29. The summed E-state index contributed by atoms with van der Waals surface area (Å²) in [5.74, 6) is 2.05. The van der Waals surface area contributed by atoms with Crippen LogP contribution in [-0.2, 0) is 11.3 Å². The van der Waals surface area contributed by atoms with Crippen LogP contribution >= 0.6 is 0 Å². The van der Waals surface area contributed by atoms with Gasteiger partial charge in [-0.05, 0) is 17.9 Å². The maximum Gasteiger partial charge on any atom is 0.0992 e. The first-order valence-corrected chi connectivity index (χ1v) is 8.02. The molecule has 2 aliphatic heterocycles. The highest BCUT2D eigenvalue weighted by Crippen LogP contribution is 2.30. The predicted octanol–water partition coefficient (Wildman–Crippen LogP) is 3.35. The Bertz CT molecular complexity index is 495. The van der Waals surface area contributed by atoms with Gasteiger partial charge in [0, 0.05) is 38.1 Å². The average molecular weight is 286 g/mol. The third-order valence-corrected chi connectivity index (χ3v) is 4.41. The van der Waals surface area contributed by atoms with Gasteiger partial charge in [-0.1, -0.05) is 44.2 Å². The molecule has 114 valence electrons. The van der Waals surface area contributed by atoms with Gasteiger partial charge < -0.3 is 9.64 Å². The number of hydrogen-bond donors (Lipinski definition) is 0. The zero-order valence-corrected chi connectivity index (χ0v) is 13.2. The summed E-state index contributed by atoms with van der Waals surface area (Å²) >= 11 is 0. The van der Waals surface area contributed by atoms with E-state index < -0.39 is 0 Å². The molecule has 3 heteroatoms. The van der Waals surface area contributed by atoms with Crippen LogP contribution in [0.5, 0.6) is 0 Å². The molecule has 2 aliphatic rings.